The Hall–Kier alpha value is -1.85. The van der Waals surface area contributed by atoms with E-state index >= 15 is 0 Å². The van der Waals surface area contributed by atoms with E-state index in [4.69, 9.17) is 0 Å². The molecule has 0 radical (unpaired) electrons. The van der Waals surface area contributed by atoms with Gasteiger partial charge >= 0.3 is 0 Å². The molecule has 0 aliphatic heterocycles. The summed E-state index contributed by atoms with van der Waals surface area (Å²) in [4.78, 5) is 0. The van der Waals surface area contributed by atoms with Crippen LogP contribution in [0.25, 0.3) is 0 Å². The van der Waals surface area contributed by atoms with Crippen molar-refractivity contribution >= 4 is 15.7 Å². The van der Waals surface area contributed by atoms with E-state index in [1.165, 1.54) is 16.1 Å². The summed E-state index contributed by atoms with van der Waals surface area (Å²) in [5, 5.41) is 3.55. The number of hydrogen-bond acceptors (Lipinski definition) is 3. The van der Waals surface area contributed by atoms with Gasteiger partial charge in [-0.05, 0) is 29.7 Å². The van der Waals surface area contributed by atoms with Gasteiger partial charge in [0.15, 0.2) is 0 Å². The van der Waals surface area contributed by atoms with E-state index in [2.05, 4.69) is 36.5 Å². The second-order valence-corrected chi connectivity index (χ2v) is 7.66. The van der Waals surface area contributed by atoms with Crippen LogP contribution in [0.5, 0.6) is 0 Å². The molecule has 2 aromatic carbocycles. The Kier molecular flexibility index (Phi) is 5.80. The predicted octanol–water partition coefficient (Wildman–Crippen LogP) is 3.32. The van der Waals surface area contributed by atoms with E-state index in [1.54, 1.807) is 7.05 Å². The standard InChI is InChI=1S/C18H24N2O2S/c1-4-18(16-8-6-5-7-9-16)19-14-15-10-12-17(13-11-15)20(2)23(3,21)22/h5-13,18-19H,4,14H2,1-3H3/t18-/m1/s1. The summed E-state index contributed by atoms with van der Waals surface area (Å²) in [6.45, 7) is 2.91. The molecule has 1 atom stereocenters. The number of sulfonamides is 1. The molecule has 4 nitrogen and oxygen atoms in total. The zero-order chi connectivity index (χ0) is 16.9. The van der Waals surface area contributed by atoms with E-state index in [0.717, 1.165) is 18.5 Å². The SMILES string of the molecule is CC[C@@H](NCc1ccc(N(C)S(C)(=O)=O)cc1)c1ccccc1. The van der Waals surface area contributed by atoms with Crippen LogP contribution in [0.15, 0.2) is 54.6 Å². The Bertz CT molecular complexity index is 712. The molecule has 0 amide bonds. The van der Waals surface area contributed by atoms with Crippen LogP contribution in [0, 0.1) is 0 Å². The first-order valence-corrected chi connectivity index (χ1v) is 9.58. The number of rotatable bonds is 7. The third-order valence-electron chi connectivity index (χ3n) is 3.96. The number of hydrogen-bond donors (Lipinski definition) is 1. The summed E-state index contributed by atoms with van der Waals surface area (Å²) < 4.78 is 24.4. The van der Waals surface area contributed by atoms with Gasteiger partial charge in [-0.25, -0.2) is 8.42 Å². The summed E-state index contributed by atoms with van der Waals surface area (Å²) in [6.07, 6.45) is 2.22. The number of nitrogens with one attached hydrogen (secondary N) is 1. The van der Waals surface area contributed by atoms with Crippen molar-refractivity contribution in [1.29, 1.82) is 0 Å². The van der Waals surface area contributed by atoms with E-state index in [9.17, 15) is 8.42 Å². The third-order valence-corrected chi connectivity index (χ3v) is 5.17. The van der Waals surface area contributed by atoms with Gasteiger partial charge < -0.3 is 5.32 Å². The molecular weight excluding hydrogens is 308 g/mol. The third kappa shape index (κ3) is 4.81. The molecule has 1 N–H and O–H groups in total. The molecule has 0 aromatic heterocycles. The zero-order valence-corrected chi connectivity index (χ0v) is 14.7. The molecule has 0 saturated heterocycles. The quantitative estimate of drug-likeness (QED) is 0.846. The number of nitrogens with zero attached hydrogens (tertiary/aromatic N) is 1. The Balaban J connectivity index is 2.01. The van der Waals surface area contributed by atoms with Crippen LogP contribution in [-0.2, 0) is 16.6 Å². The molecule has 23 heavy (non-hydrogen) atoms. The van der Waals surface area contributed by atoms with Crippen molar-refractivity contribution < 1.29 is 8.42 Å². The van der Waals surface area contributed by atoms with Gasteiger partial charge in [-0.2, -0.15) is 0 Å². The molecule has 0 aliphatic carbocycles. The van der Waals surface area contributed by atoms with Gasteiger partial charge in [-0.1, -0.05) is 49.4 Å². The highest BCUT2D eigenvalue weighted by molar-refractivity contribution is 7.92. The van der Waals surface area contributed by atoms with Gasteiger partial charge in [0.25, 0.3) is 0 Å². The molecule has 5 heteroatoms. The highest BCUT2D eigenvalue weighted by atomic mass is 32.2. The first kappa shape index (κ1) is 17.5. The monoisotopic (exact) mass is 332 g/mol. The molecule has 124 valence electrons. The summed E-state index contributed by atoms with van der Waals surface area (Å²) in [6, 6.07) is 18.3. The average molecular weight is 332 g/mol. The lowest BCUT2D eigenvalue weighted by atomic mass is 10.0. The molecule has 0 spiro atoms. The minimum atomic E-state index is -3.22. The zero-order valence-electron chi connectivity index (χ0n) is 13.9. The molecule has 2 aromatic rings. The van der Waals surface area contributed by atoms with E-state index in [1.807, 2.05) is 30.3 Å². The molecule has 0 fully saturated rings. The maximum absolute atomic E-state index is 11.5. The molecular formula is C18H24N2O2S. The van der Waals surface area contributed by atoms with Crippen LogP contribution in [0.4, 0.5) is 5.69 Å². The fraction of sp³-hybridized carbons (Fsp3) is 0.333. The summed E-state index contributed by atoms with van der Waals surface area (Å²) in [5.74, 6) is 0. The lowest BCUT2D eigenvalue weighted by Crippen LogP contribution is -2.24. The minimum Gasteiger partial charge on any atom is -0.306 e. The minimum absolute atomic E-state index is 0.314. The topological polar surface area (TPSA) is 49.4 Å². The Morgan fingerprint density at radius 1 is 1.04 bits per heavy atom. The summed E-state index contributed by atoms with van der Waals surface area (Å²) >= 11 is 0. The maximum atomic E-state index is 11.5. The lowest BCUT2D eigenvalue weighted by Gasteiger charge is -2.19. The van der Waals surface area contributed by atoms with Crippen LogP contribution < -0.4 is 9.62 Å². The molecule has 2 rings (SSSR count). The van der Waals surface area contributed by atoms with Gasteiger partial charge in [0, 0.05) is 19.6 Å². The van der Waals surface area contributed by atoms with Crippen LogP contribution in [0.3, 0.4) is 0 Å². The second kappa shape index (κ2) is 7.62. The van der Waals surface area contributed by atoms with E-state index in [-0.39, 0.29) is 0 Å². The van der Waals surface area contributed by atoms with Crippen LogP contribution in [0.1, 0.15) is 30.5 Å². The van der Waals surface area contributed by atoms with Crippen molar-refractivity contribution in [2.75, 3.05) is 17.6 Å². The van der Waals surface area contributed by atoms with Crippen LogP contribution >= 0.6 is 0 Å². The fourth-order valence-corrected chi connectivity index (χ4v) is 2.94. The van der Waals surface area contributed by atoms with Crippen molar-refractivity contribution in [2.24, 2.45) is 0 Å². The predicted molar refractivity (Wildman–Crippen MR) is 96.0 cm³/mol. The van der Waals surface area contributed by atoms with Gasteiger partial charge in [0.1, 0.15) is 0 Å². The van der Waals surface area contributed by atoms with Crippen molar-refractivity contribution in [3.05, 3.63) is 65.7 Å². The first-order chi connectivity index (χ1) is 10.9. The van der Waals surface area contributed by atoms with Crippen molar-refractivity contribution in [2.45, 2.75) is 25.9 Å². The molecule has 0 unspecified atom stereocenters. The van der Waals surface area contributed by atoms with Crippen LogP contribution in [0.2, 0.25) is 0 Å². The fourth-order valence-electron chi connectivity index (χ4n) is 2.44. The van der Waals surface area contributed by atoms with Gasteiger partial charge in [0.2, 0.25) is 10.0 Å². The van der Waals surface area contributed by atoms with Crippen molar-refractivity contribution in [3.8, 4) is 0 Å². The van der Waals surface area contributed by atoms with Gasteiger partial charge in [0.05, 0.1) is 11.9 Å². The number of anilines is 1. The number of benzene rings is 2. The van der Waals surface area contributed by atoms with Crippen molar-refractivity contribution in [1.82, 2.24) is 5.32 Å². The van der Waals surface area contributed by atoms with E-state index < -0.39 is 10.0 Å². The van der Waals surface area contributed by atoms with Gasteiger partial charge in [-0.15, -0.1) is 0 Å². The Labute approximate surface area is 139 Å². The molecule has 0 heterocycles. The Morgan fingerprint density at radius 3 is 2.17 bits per heavy atom. The second-order valence-electron chi connectivity index (χ2n) is 5.65. The van der Waals surface area contributed by atoms with Crippen molar-refractivity contribution in [3.63, 3.8) is 0 Å². The molecule has 0 bridgehead atoms. The highest BCUT2D eigenvalue weighted by Gasteiger charge is 2.12. The average Bonchev–Trinajstić information content (AvgIpc) is 2.55. The smallest absolute Gasteiger partial charge is 0.231 e. The summed E-state index contributed by atoms with van der Waals surface area (Å²) in [7, 11) is -1.66. The molecule has 0 saturated carbocycles. The first-order valence-electron chi connectivity index (χ1n) is 7.73. The van der Waals surface area contributed by atoms with Crippen LogP contribution in [-0.4, -0.2) is 21.7 Å². The van der Waals surface area contributed by atoms with Gasteiger partial charge in [-0.3, -0.25) is 4.31 Å². The highest BCUT2D eigenvalue weighted by Crippen LogP contribution is 2.19. The Morgan fingerprint density at radius 2 is 1.65 bits per heavy atom. The van der Waals surface area contributed by atoms with E-state index in [0.29, 0.717) is 11.7 Å². The lowest BCUT2D eigenvalue weighted by molar-refractivity contribution is 0.519. The normalized spacial score (nSPS) is 12.8. The summed E-state index contributed by atoms with van der Waals surface area (Å²) in [5.41, 5.74) is 3.08. The molecule has 0 aliphatic rings. The maximum Gasteiger partial charge on any atom is 0.231 e. The largest absolute Gasteiger partial charge is 0.306 e.